The van der Waals surface area contributed by atoms with Gasteiger partial charge in [-0.3, -0.25) is 4.21 Å². The van der Waals surface area contributed by atoms with Crippen molar-refractivity contribution < 1.29 is 36.6 Å². The minimum atomic E-state index is -5.08. The van der Waals surface area contributed by atoms with Crippen molar-refractivity contribution in [2.24, 2.45) is 0 Å². The lowest BCUT2D eigenvalue weighted by atomic mass is 10.2. The molecule has 0 radical (unpaired) electrons. The van der Waals surface area contributed by atoms with Gasteiger partial charge in [-0.25, -0.2) is 4.79 Å². The third-order valence-electron chi connectivity index (χ3n) is 2.37. The van der Waals surface area contributed by atoms with E-state index >= 15 is 0 Å². The maximum Gasteiger partial charge on any atom is 0.458 e. The summed E-state index contributed by atoms with van der Waals surface area (Å²) in [4.78, 5) is 13.2. The number of halogens is 3. The van der Waals surface area contributed by atoms with Crippen LogP contribution in [0.1, 0.15) is 34.1 Å². The molecule has 0 spiro atoms. The number of amides is 1. The third-order valence-corrected chi connectivity index (χ3v) is 2.75. The smallest absolute Gasteiger partial charge is 0.458 e. The molecule has 0 saturated carbocycles. The highest BCUT2D eigenvalue weighted by Gasteiger charge is 2.33. The normalized spacial score (nSPS) is 24.1. The highest BCUT2D eigenvalue weighted by atomic mass is 32.2. The molecule has 1 amide bonds. The van der Waals surface area contributed by atoms with Crippen molar-refractivity contribution in [2.75, 3.05) is 6.54 Å². The number of alkyl halides is 3. The van der Waals surface area contributed by atoms with Gasteiger partial charge in [-0.2, -0.15) is 13.2 Å². The van der Waals surface area contributed by atoms with Crippen LogP contribution in [0.5, 0.6) is 0 Å². The molecule has 0 bridgehead atoms. The van der Waals surface area contributed by atoms with Crippen LogP contribution in [0, 0.1) is 0 Å². The molecule has 1 rings (SSSR count). The summed E-state index contributed by atoms with van der Waals surface area (Å²) in [6.07, 6.45) is -0.0988. The van der Waals surface area contributed by atoms with Crippen molar-refractivity contribution >= 4 is 17.2 Å². The fraction of sp³-hybridized carbons (Fsp3) is 0.909. The van der Waals surface area contributed by atoms with Gasteiger partial charge in [-0.1, -0.05) is 0 Å². The molecular formula is C11H19F3NO5S-. The zero-order valence-corrected chi connectivity index (χ0v) is 13.0. The molecule has 0 aromatic carbocycles. The monoisotopic (exact) mass is 334 g/mol. The van der Waals surface area contributed by atoms with E-state index in [9.17, 15) is 23.1 Å². The van der Waals surface area contributed by atoms with Crippen LogP contribution in [0.15, 0.2) is 0 Å². The van der Waals surface area contributed by atoms with Gasteiger partial charge in [0.2, 0.25) is 0 Å². The first-order valence-electron chi connectivity index (χ1n) is 6.08. The predicted molar refractivity (Wildman–Crippen MR) is 68.0 cm³/mol. The fourth-order valence-electron chi connectivity index (χ4n) is 1.58. The summed E-state index contributed by atoms with van der Waals surface area (Å²) >= 11 is -3.93. The van der Waals surface area contributed by atoms with Crippen LogP contribution in [-0.2, 0) is 15.8 Å². The van der Waals surface area contributed by atoms with Gasteiger partial charge in [-0.15, -0.1) is 0 Å². The molecule has 1 aliphatic heterocycles. The van der Waals surface area contributed by atoms with Gasteiger partial charge in [0.05, 0.1) is 23.7 Å². The van der Waals surface area contributed by atoms with E-state index in [4.69, 9.17) is 13.5 Å². The second-order valence-corrected chi connectivity index (χ2v) is 6.48. The minimum absolute atomic E-state index is 0.0693. The van der Waals surface area contributed by atoms with Crippen LogP contribution < -0.4 is 0 Å². The zero-order valence-electron chi connectivity index (χ0n) is 12.1. The topological polar surface area (TPSA) is 89.9 Å². The van der Waals surface area contributed by atoms with Gasteiger partial charge in [0.15, 0.2) is 0 Å². The van der Waals surface area contributed by atoms with E-state index in [-0.39, 0.29) is 12.1 Å². The van der Waals surface area contributed by atoms with Crippen molar-refractivity contribution in [2.45, 2.75) is 57.4 Å². The van der Waals surface area contributed by atoms with E-state index in [1.54, 1.807) is 4.90 Å². The van der Waals surface area contributed by atoms with Gasteiger partial charge in [0.25, 0.3) is 0 Å². The van der Waals surface area contributed by atoms with Gasteiger partial charge < -0.3 is 19.3 Å². The molecule has 1 heterocycles. The average molecular weight is 334 g/mol. The van der Waals surface area contributed by atoms with E-state index in [0.717, 1.165) is 0 Å². The molecule has 0 aromatic heterocycles. The maximum atomic E-state index is 11.6. The number of carbonyl (C=O) groups excluding carboxylic acids is 1. The third kappa shape index (κ3) is 8.22. The molecule has 1 aliphatic rings. The Morgan fingerprint density at radius 3 is 2.05 bits per heavy atom. The molecule has 1 saturated heterocycles. The Bertz CT molecular complexity index is 383. The molecular weight excluding hydrogens is 315 g/mol. The Morgan fingerprint density at radius 2 is 1.81 bits per heavy atom. The highest BCUT2D eigenvalue weighted by Crippen LogP contribution is 2.20. The van der Waals surface area contributed by atoms with Crippen molar-refractivity contribution in [3.63, 3.8) is 0 Å². The summed E-state index contributed by atoms with van der Waals surface area (Å²) in [5.41, 5.74) is -5.55. The van der Waals surface area contributed by atoms with Crippen LogP contribution >= 0.6 is 0 Å². The van der Waals surface area contributed by atoms with Crippen LogP contribution in [0.25, 0.3) is 0 Å². The molecule has 10 heteroatoms. The average Bonchev–Trinajstić information content (AvgIpc) is 2.54. The second-order valence-electron chi connectivity index (χ2n) is 5.55. The van der Waals surface area contributed by atoms with Crippen LogP contribution in [0.3, 0.4) is 0 Å². The molecule has 3 atom stereocenters. The van der Waals surface area contributed by atoms with Gasteiger partial charge in [0.1, 0.15) is 5.60 Å². The zero-order chi connectivity index (χ0) is 17.0. The molecule has 0 aromatic rings. The van der Waals surface area contributed by atoms with Crippen LogP contribution in [0.2, 0.25) is 0 Å². The van der Waals surface area contributed by atoms with Crippen molar-refractivity contribution in [3.8, 4) is 0 Å². The maximum absolute atomic E-state index is 11.6. The highest BCUT2D eigenvalue weighted by molar-refractivity contribution is 7.80. The van der Waals surface area contributed by atoms with E-state index in [2.05, 4.69) is 0 Å². The van der Waals surface area contributed by atoms with E-state index < -0.39 is 28.3 Å². The minimum Gasteiger partial charge on any atom is -0.766 e. The molecule has 1 N–H and O–H groups in total. The number of likely N-dealkylation sites (tertiary alicyclic amines) is 1. The number of β-amino-alcohol motifs (C(OH)–C–C–N with tert-alkyl or cyclic N) is 1. The number of aliphatic hydroxyl groups excluding tert-OH is 1. The number of hydrogen-bond donors (Lipinski definition) is 1. The Labute approximate surface area is 123 Å². The SMILES string of the molecule is C[C@@H]1C[C@H](O)CN1C(=O)OC(C)(C)C.O=S([O-])C(F)(F)F. The van der Waals surface area contributed by atoms with Gasteiger partial charge in [-0.05, 0) is 34.1 Å². The van der Waals surface area contributed by atoms with Crippen molar-refractivity contribution in [3.05, 3.63) is 0 Å². The van der Waals surface area contributed by atoms with Crippen LogP contribution in [-0.4, -0.2) is 54.7 Å². The summed E-state index contributed by atoms with van der Waals surface area (Å²) in [6, 6.07) is 0.0693. The van der Waals surface area contributed by atoms with Gasteiger partial charge >= 0.3 is 11.6 Å². The summed E-state index contributed by atoms with van der Waals surface area (Å²) in [5, 5.41) is 9.37. The lowest BCUT2D eigenvalue weighted by Crippen LogP contribution is -2.39. The van der Waals surface area contributed by atoms with Crippen molar-refractivity contribution in [1.29, 1.82) is 0 Å². The summed E-state index contributed by atoms with van der Waals surface area (Å²) in [5.74, 6) is 0. The fourth-order valence-corrected chi connectivity index (χ4v) is 1.58. The Morgan fingerprint density at radius 1 is 1.38 bits per heavy atom. The number of aliphatic hydroxyl groups is 1. The molecule has 1 unspecified atom stereocenters. The predicted octanol–water partition coefficient (Wildman–Crippen LogP) is 1.76. The van der Waals surface area contributed by atoms with E-state index in [1.165, 1.54) is 0 Å². The number of rotatable bonds is 0. The molecule has 21 heavy (non-hydrogen) atoms. The summed E-state index contributed by atoms with van der Waals surface area (Å²) in [6.45, 7) is 7.81. The lowest BCUT2D eigenvalue weighted by Gasteiger charge is -2.26. The number of ether oxygens (including phenoxy) is 1. The number of nitrogens with zero attached hydrogens (tertiary/aromatic N) is 1. The number of hydrogen-bond acceptors (Lipinski definition) is 5. The Balaban J connectivity index is 0.000000486. The largest absolute Gasteiger partial charge is 0.766 e. The number of carbonyl (C=O) groups is 1. The summed E-state index contributed by atoms with van der Waals surface area (Å²) in [7, 11) is 0. The van der Waals surface area contributed by atoms with E-state index in [0.29, 0.717) is 13.0 Å². The molecule has 6 nitrogen and oxygen atoms in total. The first kappa shape index (κ1) is 20.1. The quantitative estimate of drug-likeness (QED) is 0.682. The van der Waals surface area contributed by atoms with E-state index in [1.807, 2.05) is 27.7 Å². The molecule has 1 fully saturated rings. The Hall–Kier alpha value is -0.870. The van der Waals surface area contributed by atoms with Crippen LogP contribution in [0.4, 0.5) is 18.0 Å². The second kappa shape index (κ2) is 7.41. The standard InChI is InChI=1S/C10H19NO3.CHF3O2S/c1-7-5-8(12)6-11(7)9(13)14-10(2,3)4;2-1(3,4)7(5)6/h7-8,12H,5-6H2,1-4H3;(H,5,6)/p-1/t7-,8+;/m1./s1. The lowest BCUT2D eigenvalue weighted by molar-refractivity contribution is -0.0452. The molecule has 0 aliphatic carbocycles. The molecule has 126 valence electrons. The van der Waals surface area contributed by atoms with Gasteiger partial charge in [0, 0.05) is 6.04 Å². The first-order valence-corrected chi connectivity index (χ1v) is 7.15. The summed E-state index contributed by atoms with van der Waals surface area (Å²) < 4.78 is 54.7. The Kier molecular flexibility index (Phi) is 7.10. The van der Waals surface area contributed by atoms with Crippen molar-refractivity contribution in [1.82, 2.24) is 4.90 Å². The first-order chi connectivity index (χ1) is 9.24.